The summed E-state index contributed by atoms with van der Waals surface area (Å²) in [5.74, 6) is -0.206. The number of aryl methyl sites for hydroxylation is 1. The molecule has 2 rings (SSSR count). The average molecular weight is 342 g/mol. The molecule has 2 N–H and O–H groups in total. The second-order valence-electron chi connectivity index (χ2n) is 5.38. The second-order valence-corrected chi connectivity index (χ2v) is 6.19. The summed E-state index contributed by atoms with van der Waals surface area (Å²) in [5, 5.41) is 18.0. The van der Waals surface area contributed by atoms with Gasteiger partial charge in [-0.1, -0.05) is 29.3 Å². The highest BCUT2D eigenvalue weighted by Gasteiger charge is 2.25. The summed E-state index contributed by atoms with van der Waals surface area (Å²) in [4.78, 5) is 12.0. The molecule has 0 bridgehead atoms. The minimum atomic E-state index is -1.18. The normalized spacial score (nSPS) is 13.7. The van der Waals surface area contributed by atoms with Gasteiger partial charge in [0.05, 0.1) is 29.2 Å². The summed E-state index contributed by atoms with van der Waals surface area (Å²) in [6, 6.07) is 5.05. The van der Waals surface area contributed by atoms with Gasteiger partial charge in [0, 0.05) is 18.8 Å². The molecule has 1 amide bonds. The van der Waals surface area contributed by atoms with Crippen molar-refractivity contribution in [1.29, 1.82) is 0 Å². The fourth-order valence-electron chi connectivity index (χ4n) is 1.97. The Hall–Kier alpha value is -1.56. The number of amides is 1. The molecule has 7 heteroatoms. The highest BCUT2D eigenvalue weighted by atomic mass is 35.5. The number of benzene rings is 1. The largest absolute Gasteiger partial charge is 0.383 e. The van der Waals surface area contributed by atoms with E-state index in [1.54, 1.807) is 49.2 Å². The molecular formula is C15H17Cl2N3O2. The van der Waals surface area contributed by atoms with Crippen LogP contribution in [0.1, 0.15) is 18.1 Å². The number of rotatable bonds is 5. The van der Waals surface area contributed by atoms with Crippen molar-refractivity contribution in [1.82, 2.24) is 15.1 Å². The minimum Gasteiger partial charge on any atom is -0.383 e. The number of nitrogens with zero attached hydrogens (tertiary/aromatic N) is 2. The van der Waals surface area contributed by atoms with Crippen LogP contribution in [0.2, 0.25) is 10.0 Å². The molecule has 1 heterocycles. The van der Waals surface area contributed by atoms with E-state index in [-0.39, 0.29) is 18.9 Å². The van der Waals surface area contributed by atoms with E-state index in [0.717, 1.165) is 5.56 Å². The zero-order valence-corrected chi connectivity index (χ0v) is 13.8. The zero-order chi connectivity index (χ0) is 16.3. The summed E-state index contributed by atoms with van der Waals surface area (Å²) in [5.41, 5.74) is 0.222. The Morgan fingerprint density at radius 2 is 2.14 bits per heavy atom. The number of carbonyl (C=O) groups is 1. The number of aromatic nitrogens is 2. The van der Waals surface area contributed by atoms with Crippen molar-refractivity contribution in [3.8, 4) is 0 Å². The van der Waals surface area contributed by atoms with Gasteiger partial charge in [-0.15, -0.1) is 0 Å². The van der Waals surface area contributed by atoms with Gasteiger partial charge < -0.3 is 10.4 Å². The van der Waals surface area contributed by atoms with Crippen LogP contribution in [0.5, 0.6) is 0 Å². The van der Waals surface area contributed by atoms with Crippen LogP contribution in [-0.4, -0.2) is 27.3 Å². The first-order valence-corrected chi connectivity index (χ1v) is 7.45. The Kier molecular flexibility index (Phi) is 5.11. The Balaban J connectivity index is 1.93. The smallest absolute Gasteiger partial charge is 0.224 e. The van der Waals surface area contributed by atoms with Crippen LogP contribution in [0, 0.1) is 0 Å². The summed E-state index contributed by atoms with van der Waals surface area (Å²) in [6.45, 7) is 1.72. The van der Waals surface area contributed by atoms with Crippen LogP contribution in [0.25, 0.3) is 0 Å². The molecule has 1 aromatic carbocycles. The van der Waals surface area contributed by atoms with Crippen molar-refractivity contribution in [3.05, 3.63) is 51.8 Å². The second kappa shape index (κ2) is 6.69. The summed E-state index contributed by atoms with van der Waals surface area (Å²) < 4.78 is 1.60. The van der Waals surface area contributed by atoms with Gasteiger partial charge in [0.25, 0.3) is 0 Å². The lowest BCUT2D eigenvalue weighted by molar-refractivity contribution is -0.121. The highest BCUT2D eigenvalue weighted by molar-refractivity contribution is 6.42. The van der Waals surface area contributed by atoms with Crippen molar-refractivity contribution in [2.45, 2.75) is 18.9 Å². The maximum Gasteiger partial charge on any atom is 0.224 e. The molecule has 1 unspecified atom stereocenters. The van der Waals surface area contributed by atoms with E-state index in [1.165, 1.54) is 0 Å². The van der Waals surface area contributed by atoms with E-state index in [9.17, 15) is 9.90 Å². The quantitative estimate of drug-likeness (QED) is 0.876. The maximum atomic E-state index is 12.0. The van der Waals surface area contributed by atoms with Crippen LogP contribution in [0.15, 0.2) is 30.6 Å². The fourth-order valence-corrected chi connectivity index (χ4v) is 2.29. The van der Waals surface area contributed by atoms with Crippen molar-refractivity contribution in [2.75, 3.05) is 6.54 Å². The van der Waals surface area contributed by atoms with Crippen molar-refractivity contribution < 1.29 is 9.90 Å². The molecule has 0 saturated heterocycles. The lowest BCUT2D eigenvalue weighted by Gasteiger charge is -2.22. The van der Waals surface area contributed by atoms with Crippen LogP contribution in [0.3, 0.4) is 0 Å². The molecule has 0 aliphatic rings. The molecule has 1 aromatic heterocycles. The molecule has 0 saturated carbocycles. The SMILES string of the molecule is Cn1cc(C(C)(O)CNC(=O)Cc2ccc(Cl)c(Cl)c2)cn1. The molecule has 1 atom stereocenters. The Labute approximate surface area is 138 Å². The van der Waals surface area contributed by atoms with Crippen LogP contribution >= 0.6 is 23.2 Å². The first kappa shape index (κ1) is 16.8. The summed E-state index contributed by atoms with van der Waals surface area (Å²) >= 11 is 11.8. The number of halogens is 2. The van der Waals surface area contributed by atoms with E-state index in [0.29, 0.717) is 15.6 Å². The third-order valence-electron chi connectivity index (χ3n) is 3.31. The first-order chi connectivity index (χ1) is 10.3. The number of carbonyl (C=O) groups excluding carboxylic acids is 1. The van der Waals surface area contributed by atoms with Gasteiger partial charge in [-0.25, -0.2) is 0 Å². The van der Waals surface area contributed by atoms with Crippen LogP contribution in [0.4, 0.5) is 0 Å². The zero-order valence-electron chi connectivity index (χ0n) is 12.3. The third kappa shape index (κ3) is 4.22. The number of nitrogens with one attached hydrogen (secondary N) is 1. The van der Waals surface area contributed by atoms with E-state index < -0.39 is 5.60 Å². The maximum absolute atomic E-state index is 12.0. The predicted octanol–water partition coefficient (Wildman–Crippen LogP) is 2.29. The Bertz CT molecular complexity index is 683. The summed E-state index contributed by atoms with van der Waals surface area (Å²) in [6.07, 6.45) is 3.45. The molecule has 0 radical (unpaired) electrons. The number of hydrogen-bond acceptors (Lipinski definition) is 3. The van der Waals surface area contributed by atoms with E-state index in [4.69, 9.17) is 23.2 Å². The van der Waals surface area contributed by atoms with Gasteiger partial charge in [0.1, 0.15) is 5.60 Å². The molecule has 5 nitrogen and oxygen atoms in total. The molecule has 0 aliphatic heterocycles. The van der Waals surface area contributed by atoms with Gasteiger partial charge in [0.15, 0.2) is 0 Å². The first-order valence-electron chi connectivity index (χ1n) is 6.70. The predicted molar refractivity (Wildman–Crippen MR) is 86.0 cm³/mol. The number of hydrogen-bond donors (Lipinski definition) is 2. The summed E-state index contributed by atoms with van der Waals surface area (Å²) in [7, 11) is 1.77. The van der Waals surface area contributed by atoms with Crippen molar-refractivity contribution in [2.24, 2.45) is 7.05 Å². The van der Waals surface area contributed by atoms with E-state index in [2.05, 4.69) is 10.4 Å². The Morgan fingerprint density at radius 1 is 1.41 bits per heavy atom. The topological polar surface area (TPSA) is 67.2 Å². The van der Waals surface area contributed by atoms with Gasteiger partial charge in [0.2, 0.25) is 5.91 Å². The van der Waals surface area contributed by atoms with Gasteiger partial charge in [-0.3, -0.25) is 9.48 Å². The number of aliphatic hydroxyl groups is 1. The molecule has 0 spiro atoms. The standard InChI is InChI=1S/C15H17Cl2N3O2/c1-15(22,11-7-19-20(2)8-11)9-18-14(21)6-10-3-4-12(16)13(17)5-10/h3-5,7-8,22H,6,9H2,1-2H3,(H,18,21). The Morgan fingerprint density at radius 3 is 2.73 bits per heavy atom. The molecule has 0 aliphatic carbocycles. The molecular weight excluding hydrogens is 325 g/mol. The third-order valence-corrected chi connectivity index (χ3v) is 4.04. The van der Waals surface area contributed by atoms with E-state index >= 15 is 0 Å². The minimum absolute atomic E-state index is 0.0961. The monoisotopic (exact) mass is 341 g/mol. The molecule has 0 fully saturated rings. The highest BCUT2D eigenvalue weighted by Crippen LogP contribution is 2.23. The molecule has 22 heavy (non-hydrogen) atoms. The average Bonchev–Trinajstić information content (AvgIpc) is 2.88. The molecule has 118 valence electrons. The molecule has 2 aromatic rings. The van der Waals surface area contributed by atoms with Gasteiger partial charge in [-0.05, 0) is 24.6 Å². The lowest BCUT2D eigenvalue weighted by Crippen LogP contribution is -2.39. The lowest BCUT2D eigenvalue weighted by atomic mass is 9.99. The van der Waals surface area contributed by atoms with Crippen molar-refractivity contribution in [3.63, 3.8) is 0 Å². The van der Waals surface area contributed by atoms with Crippen molar-refractivity contribution >= 4 is 29.1 Å². The fraction of sp³-hybridized carbons (Fsp3) is 0.333. The van der Waals surface area contributed by atoms with Crippen LogP contribution in [-0.2, 0) is 23.9 Å². The van der Waals surface area contributed by atoms with Crippen LogP contribution < -0.4 is 5.32 Å². The van der Waals surface area contributed by atoms with E-state index in [1.807, 2.05) is 0 Å². The van der Waals surface area contributed by atoms with Gasteiger partial charge in [-0.2, -0.15) is 5.10 Å². The van der Waals surface area contributed by atoms with Gasteiger partial charge >= 0.3 is 0 Å².